The highest BCUT2D eigenvalue weighted by Crippen LogP contribution is 2.34. The number of piperazine rings is 1. The maximum absolute atomic E-state index is 13.5. The van der Waals surface area contributed by atoms with Crippen molar-refractivity contribution in [2.24, 2.45) is 0 Å². The van der Waals surface area contributed by atoms with Gasteiger partial charge in [-0.2, -0.15) is 13.2 Å². The number of urea groups is 1. The maximum atomic E-state index is 13.5. The van der Waals surface area contributed by atoms with Crippen molar-refractivity contribution in [3.8, 4) is 22.9 Å². The fourth-order valence-corrected chi connectivity index (χ4v) is 4.87. The zero-order chi connectivity index (χ0) is 31.3. The summed E-state index contributed by atoms with van der Waals surface area (Å²) >= 11 is 0. The Kier molecular flexibility index (Phi) is 9.40. The molecule has 1 aliphatic heterocycles. The van der Waals surface area contributed by atoms with Crippen molar-refractivity contribution in [2.45, 2.75) is 33.0 Å². The summed E-state index contributed by atoms with van der Waals surface area (Å²) < 4.78 is 46.7. The number of anilines is 2. The molecule has 4 aromatic rings. The zero-order valence-electron chi connectivity index (χ0n) is 24.8. The largest absolute Gasteiger partial charge is 0.438 e. The van der Waals surface area contributed by atoms with Gasteiger partial charge in [0, 0.05) is 62.9 Å². The number of carbonyl (C=O) groups is 1. The van der Waals surface area contributed by atoms with Crippen LogP contribution in [0, 0.1) is 6.92 Å². The Morgan fingerprint density at radius 3 is 2.50 bits per heavy atom. The molecule has 0 spiro atoms. The molecule has 230 valence electrons. The molecule has 9 nitrogen and oxygen atoms in total. The van der Waals surface area contributed by atoms with Crippen LogP contribution in [0.4, 0.5) is 29.3 Å². The molecule has 0 saturated carbocycles. The van der Waals surface area contributed by atoms with E-state index in [1.807, 2.05) is 27.0 Å². The van der Waals surface area contributed by atoms with E-state index in [4.69, 9.17) is 4.74 Å². The number of nitrogens with one attached hydrogen (secondary N) is 2. The first kappa shape index (κ1) is 30.9. The minimum atomic E-state index is -4.54. The summed E-state index contributed by atoms with van der Waals surface area (Å²) in [7, 11) is 2.03. The van der Waals surface area contributed by atoms with Gasteiger partial charge in [-0.15, -0.1) is 0 Å². The third-order valence-electron chi connectivity index (χ3n) is 7.38. The van der Waals surface area contributed by atoms with Crippen molar-refractivity contribution in [2.75, 3.05) is 43.9 Å². The molecule has 1 saturated heterocycles. The Balaban J connectivity index is 1.30. The van der Waals surface area contributed by atoms with E-state index in [-0.39, 0.29) is 5.69 Å². The number of nitrogens with zero attached hydrogens (tertiary/aromatic N) is 5. The number of likely N-dealkylation sites (N-methyl/N-ethyl adjacent to an activating group) is 1. The number of rotatable bonds is 8. The topological polar surface area (TPSA) is 95.5 Å². The SMILES string of the molecule is CCc1nccc(-c2cccnc2Oc2ccc(NC(=O)Nc3cc(C(F)(F)F)ccc3CN3CCN(C)CC3)cc2C)n1. The molecule has 0 aliphatic carbocycles. The third-order valence-corrected chi connectivity index (χ3v) is 7.38. The smallest absolute Gasteiger partial charge is 0.416 e. The van der Waals surface area contributed by atoms with Crippen molar-refractivity contribution >= 4 is 17.4 Å². The molecule has 1 fully saturated rings. The molecular formula is C32H34F3N7O2. The summed E-state index contributed by atoms with van der Waals surface area (Å²) in [6, 6.07) is 13.3. The number of carbonyl (C=O) groups excluding carboxylic acids is 1. The van der Waals surface area contributed by atoms with Crippen LogP contribution in [0.25, 0.3) is 11.3 Å². The van der Waals surface area contributed by atoms with Crippen molar-refractivity contribution in [1.82, 2.24) is 24.8 Å². The molecule has 2 aromatic heterocycles. The predicted molar refractivity (Wildman–Crippen MR) is 163 cm³/mol. The normalized spacial score (nSPS) is 14.3. The monoisotopic (exact) mass is 605 g/mol. The van der Waals surface area contributed by atoms with Crippen LogP contribution in [0.5, 0.6) is 11.6 Å². The van der Waals surface area contributed by atoms with E-state index in [2.05, 4.69) is 35.4 Å². The van der Waals surface area contributed by atoms with E-state index in [1.54, 1.807) is 42.7 Å². The highest BCUT2D eigenvalue weighted by Gasteiger charge is 2.31. The van der Waals surface area contributed by atoms with Crippen LogP contribution in [0.1, 0.15) is 29.4 Å². The van der Waals surface area contributed by atoms with Gasteiger partial charge in [0.2, 0.25) is 5.88 Å². The van der Waals surface area contributed by atoms with E-state index in [0.717, 1.165) is 38.3 Å². The quantitative estimate of drug-likeness (QED) is 0.233. The van der Waals surface area contributed by atoms with Crippen LogP contribution in [-0.4, -0.2) is 64.0 Å². The average molecular weight is 606 g/mol. The van der Waals surface area contributed by atoms with Crippen molar-refractivity contribution in [3.63, 3.8) is 0 Å². The third kappa shape index (κ3) is 7.69. The molecule has 5 rings (SSSR count). The summed E-state index contributed by atoms with van der Waals surface area (Å²) in [5.74, 6) is 1.60. The second-order valence-electron chi connectivity index (χ2n) is 10.7. The minimum Gasteiger partial charge on any atom is -0.438 e. The molecule has 0 bridgehead atoms. The number of aromatic nitrogens is 3. The number of ether oxygens (including phenoxy) is 1. The van der Waals surface area contributed by atoms with Gasteiger partial charge in [-0.25, -0.2) is 19.7 Å². The minimum absolute atomic E-state index is 0.117. The lowest BCUT2D eigenvalue weighted by Gasteiger charge is -2.32. The van der Waals surface area contributed by atoms with E-state index >= 15 is 0 Å². The fourth-order valence-electron chi connectivity index (χ4n) is 4.87. The first-order valence-electron chi connectivity index (χ1n) is 14.3. The van der Waals surface area contributed by atoms with Gasteiger partial charge in [0.1, 0.15) is 11.6 Å². The van der Waals surface area contributed by atoms with Crippen LogP contribution < -0.4 is 15.4 Å². The first-order chi connectivity index (χ1) is 21.1. The molecule has 12 heteroatoms. The van der Waals surface area contributed by atoms with Crippen LogP contribution in [0.3, 0.4) is 0 Å². The predicted octanol–water partition coefficient (Wildman–Crippen LogP) is 6.61. The Hall–Kier alpha value is -4.55. The summed E-state index contributed by atoms with van der Waals surface area (Å²) in [4.78, 5) is 30.6. The maximum Gasteiger partial charge on any atom is 0.416 e. The number of halogens is 3. The lowest BCUT2D eigenvalue weighted by molar-refractivity contribution is -0.137. The number of benzene rings is 2. The van der Waals surface area contributed by atoms with Crippen molar-refractivity contribution < 1.29 is 22.7 Å². The summed E-state index contributed by atoms with van der Waals surface area (Å²) in [5.41, 5.74) is 2.46. The van der Waals surface area contributed by atoms with Gasteiger partial charge >= 0.3 is 12.2 Å². The lowest BCUT2D eigenvalue weighted by atomic mass is 10.1. The second-order valence-corrected chi connectivity index (χ2v) is 10.7. The summed E-state index contributed by atoms with van der Waals surface area (Å²) in [6.45, 7) is 7.53. The fraction of sp³-hybridized carbons (Fsp3) is 0.312. The van der Waals surface area contributed by atoms with E-state index in [0.29, 0.717) is 58.5 Å². The first-order valence-corrected chi connectivity index (χ1v) is 14.3. The highest BCUT2D eigenvalue weighted by molar-refractivity contribution is 6.00. The van der Waals surface area contributed by atoms with Crippen LogP contribution >= 0.6 is 0 Å². The molecule has 2 aromatic carbocycles. The number of pyridine rings is 1. The van der Waals surface area contributed by atoms with Gasteiger partial charge in [-0.3, -0.25) is 4.90 Å². The number of aryl methyl sites for hydroxylation is 2. The molecule has 2 N–H and O–H groups in total. The number of hydrogen-bond donors (Lipinski definition) is 2. The van der Waals surface area contributed by atoms with Gasteiger partial charge in [-0.05, 0) is 73.6 Å². The van der Waals surface area contributed by atoms with E-state index < -0.39 is 17.8 Å². The summed E-state index contributed by atoms with van der Waals surface area (Å²) in [5, 5.41) is 5.37. The Morgan fingerprint density at radius 1 is 0.977 bits per heavy atom. The molecule has 0 unspecified atom stereocenters. The standard InChI is InChI=1S/C32H34F3N7O2/c1-4-29-36-13-11-26(39-29)25-6-5-12-37-30(25)44-28-10-9-24(18-21(28)2)38-31(43)40-27-19-23(32(33,34)35)8-7-22(27)20-42-16-14-41(3)15-17-42/h5-13,18-19H,4,14-17,20H2,1-3H3,(H2,38,40,43). The molecular weight excluding hydrogens is 571 g/mol. The summed E-state index contributed by atoms with van der Waals surface area (Å²) in [6.07, 6.45) is -0.520. The van der Waals surface area contributed by atoms with E-state index in [1.165, 1.54) is 6.07 Å². The van der Waals surface area contributed by atoms with Gasteiger partial charge in [0.05, 0.1) is 16.8 Å². The Bertz CT molecular complexity index is 1620. The highest BCUT2D eigenvalue weighted by atomic mass is 19.4. The molecule has 3 heterocycles. The number of alkyl halides is 3. The van der Waals surface area contributed by atoms with Crippen LogP contribution in [0.15, 0.2) is 67.0 Å². The average Bonchev–Trinajstić information content (AvgIpc) is 3.00. The molecule has 44 heavy (non-hydrogen) atoms. The Morgan fingerprint density at radius 2 is 1.77 bits per heavy atom. The van der Waals surface area contributed by atoms with Gasteiger partial charge in [0.15, 0.2) is 0 Å². The Labute approximate surface area is 254 Å². The van der Waals surface area contributed by atoms with Gasteiger partial charge in [0.25, 0.3) is 0 Å². The zero-order valence-corrected chi connectivity index (χ0v) is 24.8. The van der Waals surface area contributed by atoms with E-state index in [9.17, 15) is 18.0 Å². The molecule has 1 aliphatic rings. The number of amides is 2. The lowest BCUT2D eigenvalue weighted by Crippen LogP contribution is -2.44. The van der Waals surface area contributed by atoms with Crippen molar-refractivity contribution in [3.05, 3.63) is 89.5 Å². The van der Waals surface area contributed by atoms with Crippen molar-refractivity contribution in [1.29, 1.82) is 0 Å². The molecule has 0 atom stereocenters. The second kappa shape index (κ2) is 13.4. The molecule has 0 radical (unpaired) electrons. The van der Waals surface area contributed by atoms with Gasteiger partial charge < -0.3 is 20.3 Å². The van der Waals surface area contributed by atoms with Crippen LogP contribution in [-0.2, 0) is 19.1 Å². The molecule has 2 amide bonds. The van der Waals surface area contributed by atoms with Crippen LogP contribution in [0.2, 0.25) is 0 Å². The number of hydrogen-bond acceptors (Lipinski definition) is 7. The van der Waals surface area contributed by atoms with Gasteiger partial charge in [-0.1, -0.05) is 13.0 Å².